The number of methoxy groups -OCH3 is 1. The van der Waals surface area contributed by atoms with E-state index in [1.807, 2.05) is 0 Å². The molecular weight excluding hydrogens is 176 g/mol. The highest BCUT2D eigenvalue weighted by Gasteiger charge is 2.38. The molecule has 3 nitrogen and oxygen atoms in total. The molecule has 3 heteroatoms. The Kier molecular flexibility index (Phi) is 3.42. The van der Waals surface area contributed by atoms with Crippen LogP contribution in [0.3, 0.4) is 0 Å². The van der Waals surface area contributed by atoms with Crippen LogP contribution in [0.25, 0.3) is 0 Å². The largest absolute Gasteiger partial charge is 0.383 e. The Morgan fingerprint density at radius 3 is 2.93 bits per heavy atom. The van der Waals surface area contributed by atoms with Crippen molar-refractivity contribution in [1.29, 1.82) is 0 Å². The Bertz CT molecular complexity index is 182. The predicted molar refractivity (Wildman–Crippen MR) is 57.4 cm³/mol. The molecule has 2 aliphatic rings. The van der Waals surface area contributed by atoms with Crippen LogP contribution >= 0.6 is 0 Å². The van der Waals surface area contributed by atoms with Gasteiger partial charge in [-0.2, -0.15) is 0 Å². The van der Waals surface area contributed by atoms with E-state index in [0.717, 1.165) is 25.1 Å². The van der Waals surface area contributed by atoms with Crippen molar-refractivity contribution in [2.75, 3.05) is 33.4 Å². The molecule has 14 heavy (non-hydrogen) atoms. The standard InChI is InChI=1S/C11H22N2O/c1-9(8-14-2)13-6-5-12-7-11(13)10-3-4-10/h9-12H,3-8H2,1-2H3. The number of nitrogens with zero attached hydrogens (tertiary/aromatic N) is 1. The third-order valence-electron chi connectivity index (χ3n) is 3.47. The number of hydrogen-bond donors (Lipinski definition) is 1. The summed E-state index contributed by atoms with van der Waals surface area (Å²) >= 11 is 0. The van der Waals surface area contributed by atoms with Gasteiger partial charge in [0.05, 0.1) is 6.61 Å². The molecule has 0 radical (unpaired) electrons. The fraction of sp³-hybridized carbons (Fsp3) is 1.00. The van der Waals surface area contributed by atoms with E-state index in [4.69, 9.17) is 4.74 Å². The molecule has 2 unspecified atom stereocenters. The Balaban J connectivity index is 1.91. The van der Waals surface area contributed by atoms with Crippen molar-refractivity contribution >= 4 is 0 Å². The maximum atomic E-state index is 5.24. The molecule has 0 aromatic heterocycles. The van der Waals surface area contributed by atoms with Crippen LogP contribution in [0.4, 0.5) is 0 Å². The van der Waals surface area contributed by atoms with Crippen molar-refractivity contribution < 1.29 is 4.74 Å². The van der Waals surface area contributed by atoms with E-state index in [0.29, 0.717) is 6.04 Å². The maximum absolute atomic E-state index is 5.24. The smallest absolute Gasteiger partial charge is 0.0615 e. The zero-order valence-corrected chi connectivity index (χ0v) is 9.33. The number of rotatable bonds is 4. The van der Waals surface area contributed by atoms with Crippen molar-refractivity contribution in [2.45, 2.75) is 31.8 Å². The summed E-state index contributed by atoms with van der Waals surface area (Å²) in [5.74, 6) is 0.960. The highest BCUT2D eigenvalue weighted by molar-refractivity contribution is 4.93. The molecule has 1 saturated carbocycles. The molecule has 1 heterocycles. The minimum Gasteiger partial charge on any atom is -0.383 e. The topological polar surface area (TPSA) is 24.5 Å². The molecule has 82 valence electrons. The Hall–Kier alpha value is -0.120. The zero-order valence-electron chi connectivity index (χ0n) is 9.33. The molecule has 0 aromatic carbocycles. The molecule has 1 N–H and O–H groups in total. The maximum Gasteiger partial charge on any atom is 0.0615 e. The summed E-state index contributed by atoms with van der Waals surface area (Å²) < 4.78 is 5.24. The Labute approximate surface area is 86.8 Å². The highest BCUT2D eigenvalue weighted by Crippen LogP contribution is 2.36. The molecule has 2 fully saturated rings. The van der Waals surface area contributed by atoms with Crippen LogP contribution < -0.4 is 5.32 Å². The van der Waals surface area contributed by atoms with Crippen LogP contribution in [0.5, 0.6) is 0 Å². The first-order valence-electron chi connectivity index (χ1n) is 5.78. The van der Waals surface area contributed by atoms with E-state index in [9.17, 15) is 0 Å². The molecule has 2 rings (SSSR count). The third-order valence-corrected chi connectivity index (χ3v) is 3.47. The quantitative estimate of drug-likeness (QED) is 0.720. The monoisotopic (exact) mass is 198 g/mol. The van der Waals surface area contributed by atoms with E-state index in [2.05, 4.69) is 17.1 Å². The Morgan fingerprint density at radius 2 is 2.29 bits per heavy atom. The lowest BCUT2D eigenvalue weighted by Crippen LogP contribution is -2.56. The van der Waals surface area contributed by atoms with Crippen molar-refractivity contribution in [3.8, 4) is 0 Å². The number of piperazine rings is 1. The first-order chi connectivity index (χ1) is 6.83. The molecule has 1 aliphatic carbocycles. The van der Waals surface area contributed by atoms with Crippen LogP contribution in [0.2, 0.25) is 0 Å². The van der Waals surface area contributed by atoms with Gasteiger partial charge in [0.2, 0.25) is 0 Å². The minimum absolute atomic E-state index is 0.577. The third kappa shape index (κ3) is 2.27. The summed E-state index contributed by atoms with van der Waals surface area (Å²) in [6.07, 6.45) is 2.87. The van der Waals surface area contributed by atoms with Gasteiger partial charge in [0.1, 0.15) is 0 Å². The van der Waals surface area contributed by atoms with Crippen molar-refractivity contribution in [3.05, 3.63) is 0 Å². The van der Waals surface area contributed by atoms with Crippen LogP contribution in [0.15, 0.2) is 0 Å². The van der Waals surface area contributed by atoms with Gasteiger partial charge in [-0.1, -0.05) is 0 Å². The van der Waals surface area contributed by atoms with Gasteiger partial charge in [0.25, 0.3) is 0 Å². The van der Waals surface area contributed by atoms with Gasteiger partial charge in [-0.3, -0.25) is 4.90 Å². The number of hydrogen-bond acceptors (Lipinski definition) is 3. The van der Waals surface area contributed by atoms with Gasteiger partial charge < -0.3 is 10.1 Å². The normalized spacial score (nSPS) is 31.7. The summed E-state index contributed by atoms with van der Waals surface area (Å²) in [5, 5.41) is 3.50. The van der Waals surface area contributed by atoms with E-state index < -0.39 is 0 Å². The second-order valence-electron chi connectivity index (χ2n) is 4.65. The van der Waals surface area contributed by atoms with Crippen LogP contribution in [-0.2, 0) is 4.74 Å². The van der Waals surface area contributed by atoms with Crippen molar-refractivity contribution in [1.82, 2.24) is 10.2 Å². The molecule has 0 spiro atoms. The second kappa shape index (κ2) is 4.60. The van der Waals surface area contributed by atoms with Crippen molar-refractivity contribution in [2.24, 2.45) is 5.92 Å². The number of ether oxygens (including phenoxy) is 1. The molecular formula is C11H22N2O. The first-order valence-corrected chi connectivity index (χ1v) is 5.78. The van der Waals surface area contributed by atoms with E-state index in [1.54, 1.807) is 7.11 Å². The lowest BCUT2D eigenvalue weighted by atomic mass is 10.1. The first kappa shape index (κ1) is 10.4. The average Bonchev–Trinajstić information content (AvgIpc) is 3.01. The zero-order chi connectivity index (χ0) is 9.97. The lowest BCUT2D eigenvalue weighted by Gasteiger charge is -2.40. The summed E-state index contributed by atoms with van der Waals surface area (Å²) in [7, 11) is 1.80. The van der Waals surface area contributed by atoms with Gasteiger partial charge >= 0.3 is 0 Å². The lowest BCUT2D eigenvalue weighted by molar-refractivity contribution is 0.0477. The molecule has 2 atom stereocenters. The van der Waals surface area contributed by atoms with Gasteiger partial charge in [-0.25, -0.2) is 0 Å². The fourth-order valence-corrected chi connectivity index (χ4v) is 2.54. The van der Waals surface area contributed by atoms with E-state index >= 15 is 0 Å². The fourth-order valence-electron chi connectivity index (χ4n) is 2.54. The molecule has 0 aromatic rings. The predicted octanol–water partition coefficient (Wildman–Crippen LogP) is 0.705. The van der Waals surface area contributed by atoms with Crippen LogP contribution in [0.1, 0.15) is 19.8 Å². The molecule has 1 saturated heterocycles. The summed E-state index contributed by atoms with van der Waals surface area (Å²) in [6, 6.07) is 1.35. The van der Waals surface area contributed by atoms with Crippen LogP contribution in [0, 0.1) is 5.92 Å². The van der Waals surface area contributed by atoms with E-state index in [1.165, 1.54) is 25.9 Å². The average molecular weight is 198 g/mol. The summed E-state index contributed by atoms with van der Waals surface area (Å²) in [5.41, 5.74) is 0. The molecule has 1 aliphatic heterocycles. The second-order valence-corrected chi connectivity index (χ2v) is 4.65. The Morgan fingerprint density at radius 1 is 1.50 bits per heavy atom. The van der Waals surface area contributed by atoms with Crippen molar-refractivity contribution in [3.63, 3.8) is 0 Å². The number of nitrogens with one attached hydrogen (secondary N) is 1. The van der Waals surface area contributed by atoms with Gasteiger partial charge in [-0.05, 0) is 25.7 Å². The van der Waals surface area contributed by atoms with E-state index in [-0.39, 0.29) is 0 Å². The summed E-state index contributed by atoms with van der Waals surface area (Å²) in [4.78, 5) is 2.64. The van der Waals surface area contributed by atoms with Gasteiger partial charge in [0.15, 0.2) is 0 Å². The minimum atomic E-state index is 0.577. The SMILES string of the molecule is COCC(C)N1CCNCC1C1CC1. The molecule has 0 bridgehead atoms. The molecule has 0 amide bonds. The summed E-state index contributed by atoms with van der Waals surface area (Å²) in [6.45, 7) is 6.65. The van der Waals surface area contributed by atoms with Gasteiger partial charge in [0, 0.05) is 38.8 Å². The van der Waals surface area contributed by atoms with Crippen LogP contribution in [-0.4, -0.2) is 50.3 Å². The highest BCUT2D eigenvalue weighted by atomic mass is 16.5. The van der Waals surface area contributed by atoms with Gasteiger partial charge in [-0.15, -0.1) is 0 Å².